The molecule has 1 aromatic carbocycles. The quantitative estimate of drug-likeness (QED) is 0.806. The van der Waals surface area contributed by atoms with Crippen LogP contribution in [0.15, 0.2) is 48.8 Å². The van der Waals surface area contributed by atoms with Gasteiger partial charge in [0.1, 0.15) is 0 Å². The molecule has 0 amide bonds. The molecule has 0 saturated carbocycles. The number of rotatable bonds is 8. The van der Waals surface area contributed by atoms with Gasteiger partial charge in [-0.2, -0.15) is 0 Å². The zero-order valence-electron chi connectivity index (χ0n) is 13.0. The van der Waals surface area contributed by atoms with Gasteiger partial charge in [-0.15, -0.1) is 0 Å². The normalized spacial score (nSPS) is 12.5. The van der Waals surface area contributed by atoms with E-state index in [-0.39, 0.29) is 0 Å². The van der Waals surface area contributed by atoms with Gasteiger partial charge in [-0.25, -0.2) is 0 Å². The van der Waals surface area contributed by atoms with Crippen LogP contribution in [0.1, 0.15) is 30.6 Å². The van der Waals surface area contributed by atoms with Crippen molar-refractivity contribution in [3.63, 3.8) is 0 Å². The molecule has 0 aliphatic rings. The van der Waals surface area contributed by atoms with Crippen LogP contribution >= 0.6 is 11.6 Å². The fourth-order valence-electron chi connectivity index (χ4n) is 2.42. The summed E-state index contributed by atoms with van der Waals surface area (Å²) in [6, 6.07) is 11.5. The van der Waals surface area contributed by atoms with Gasteiger partial charge < -0.3 is 10.0 Å². The molecular formula is C18H23ClN2O. The molecule has 22 heavy (non-hydrogen) atoms. The number of nitrogens with zero attached hydrogens (tertiary/aromatic N) is 2. The van der Waals surface area contributed by atoms with Gasteiger partial charge in [-0.05, 0) is 54.8 Å². The van der Waals surface area contributed by atoms with Crippen molar-refractivity contribution in [1.82, 2.24) is 9.88 Å². The highest BCUT2D eigenvalue weighted by Gasteiger charge is 2.10. The molecule has 1 unspecified atom stereocenters. The molecule has 1 atom stereocenters. The summed E-state index contributed by atoms with van der Waals surface area (Å²) in [4.78, 5) is 6.40. The Kier molecular flexibility index (Phi) is 6.84. The molecule has 2 aromatic rings. The number of likely N-dealkylation sites (N-methyl/N-ethyl adjacent to an activating group) is 1. The second-order valence-corrected chi connectivity index (χ2v) is 5.83. The van der Waals surface area contributed by atoms with Gasteiger partial charge in [0, 0.05) is 30.5 Å². The Balaban J connectivity index is 1.79. The maximum absolute atomic E-state index is 10.3. The van der Waals surface area contributed by atoms with Crippen LogP contribution in [-0.2, 0) is 6.42 Å². The monoisotopic (exact) mass is 318 g/mol. The summed E-state index contributed by atoms with van der Waals surface area (Å²) in [6.45, 7) is 5.01. The van der Waals surface area contributed by atoms with E-state index >= 15 is 0 Å². The van der Waals surface area contributed by atoms with E-state index < -0.39 is 6.10 Å². The fraction of sp³-hybridized carbons (Fsp3) is 0.389. The lowest BCUT2D eigenvalue weighted by molar-refractivity contribution is 0.144. The van der Waals surface area contributed by atoms with Crippen LogP contribution in [0, 0.1) is 0 Å². The molecule has 0 aliphatic heterocycles. The van der Waals surface area contributed by atoms with Crippen molar-refractivity contribution < 1.29 is 5.11 Å². The average Bonchev–Trinajstić information content (AvgIpc) is 2.56. The van der Waals surface area contributed by atoms with Gasteiger partial charge in [0.15, 0.2) is 0 Å². The largest absolute Gasteiger partial charge is 0.388 e. The molecule has 118 valence electrons. The lowest BCUT2D eigenvalue weighted by Gasteiger charge is -2.22. The van der Waals surface area contributed by atoms with Crippen LogP contribution in [0.2, 0.25) is 5.02 Å². The van der Waals surface area contributed by atoms with Crippen LogP contribution in [0.4, 0.5) is 0 Å². The highest BCUT2D eigenvalue weighted by atomic mass is 35.5. The molecule has 0 bridgehead atoms. The van der Waals surface area contributed by atoms with Crippen LogP contribution in [0.3, 0.4) is 0 Å². The zero-order valence-corrected chi connectivity index (χ0v) is 13.7. The lowest BCUT2D eigenvalue weighted by Crippen LogP contribution is -2.28. The Hall–Kier alpha value is -1.42. The minimum atomic E-state index is -0.438. The van der Waals surface area contributed by atoms with Gasteiger partial charge in [-0.3, -0.25) is 4.98 Å². The molecule has 0 fully saturated rings. The number of aliphatic hydroxyl groups excluding tert-OH is 1. The van der Waals surface area contributed by atoms with E-state index in [0.717, 1.165) is 38.0 Å². The number of halogens is 1. The first-order valence-corrected chi connectivity index (χ1v) is 8.11. The summed E-state index contributed by atoms with van der Waals surface area (Å²) in [7, 11) is 0. The highest BCUT2D eigenvalue weighted by molar-refractivity contribution is 6.30. The molecule has 3 nitrogen and oxygen atoms in total. The summed E-state index contributed by atoms with van der Waals surface area (Å²) in [5, 5.41) is 11.0. The van der Waals surface area contributed by atoms with Gasteiger partial charge in [0.05, 0.1) is 6.10 Å². The molecule has 4 heteroatoms. The molecule has 1 heterocycles. The van der Waals surface area contributed by atoms with Crippen molar-refractivity contribution in [3.05, 3.63) is 64.9 Å². The molecule has 1 N–H and O–H groups in total. The third-order valence-corrected chi connectivity index (χ3v) is 4.14. The Labute approximate surface area is 137 Å². The number of pyridine rings is 1. The number of aromatic nitrogens is 1. The first-order valence-electron chi connectivity index (χ1n) is 7.74. The third kappa shape index (κ3) is 5.41. The third-order valence-electron chi connectivity index (χ3n) is 3.89. The molecule has 0 saturated heterocycles. The Morgan fingerprint density at radius 1 is 1.09 bits per heavy atom. The Morgan fingerprint density at radius 2 is 1.77 bits per heavy atom. The predicted molar refractivity (Wildman–Crippen MR) is 91.1 cm³/mol. The summed E-state index contributed by atoms with van der Waals surface area (Å²) in [6.07, 6.45) is 4.96. The first kappa shape index (κ1) is 16.9. The van der Waals surface area contributed by atoms with E-state index in [1.807, 2.05) is 36.7 Å². The minimum Gasteiger partial charge on any atom is -0.388 e. The SMILES string of the molecule is CCN(CCc1ccncc1)CCC(O)c1ccc(Cl)cc1. The van der Waals surface area contributed by atoms with Crippen molar-refractivity contribution in [2.45, 2.75) is 25.9 Å². The molecule has 2 rings (SSSR count). The predicted octanol–water partition coefficient (Wildman–Crippen LogP) is 3.72. The lowest BCUT2D eigenvalue weighted by atomic mass is 10.1. The first-order chi connectivity index (χ1) is 10.7. The minimum absolute atomic E-state index is 0.438. The van der Waals surface area contributed by atoms with Crippen molar-refractivity contribution in [2.24, 2.45) is 0 Å². The Bertz CT molecular complexity index is 545. The van der Waals surface area contributed by atoms with E-state index in [1.165, 1.54) is 5.56 Å². The van der Waals surface area contributed by atoms with E-state index in [0.29, 0.717) is 5.02 Å². The van der Waals surface area contributed by atoms with Crippen molar-refractivity contribution in [1.29, 1.82) is 0 Å². The second-order valence-electron chi connectivity index (χ2n) is 5.40. The van der Waals surface area contributed by atoms with Gasteiger partial charge in [-0.1, -0.05) is 30.7 Å². The van der Waals surface area contributed by atoms with Crippen molar-refractivity contribution in [2.75, 3.05) is 19.6 Å². The topological polar surface area (TPSA) is 36.4 Å². The van der Waals surface area contributed by atoms with Gasteiger partial charge >= 0.3 is 0 Å². The van der Waals surface area contributed by atoms with Crippen LogP contribution in [-0.4, -0.2) is 34.6 Å². The molecule has 0 aliphatic carbocycles. The van der Waals surface area contributed by atoms with E-state index in [1.54, 1.807) is 0 Å². The highest BCUT2D eigenvalue weighted by Crippen LogP contribution is 2.19. The zero-order chi connectivity index (χ0) is 15.8. The van der Waals surface area contributed by atoms with E-state index in [2.05, 4.69) is 28.9 Å². The van der Waals surface area contributed by atoms with Crippen LogP contribution in [0.5, 0.6) is 0 Å². The van der Waals surface area contributed by atoms with Gasteiger partial charge in [0.25, 0.3) is 0 Å². The molecule has 0 spiro atoms. The molecule has 0 radical (unpaired) electrons. The van der Waals surface area contributed by atoms with Gasteiger partial charge in [0.2, 0.25) is 0 Å². The maximum Gasteiger partial charge on any atom is 0.0802 e. The van der Waals surface area contributed by atoms with Crippen LogP contribution in [0.25, 0.3) is 0 Å². The summed E-state index contributed by atoms with van der Waals surface area (Å²) < 4.78 is 0. The number of aliphatic hydroxyl groups is 1. The maximum atomic E-state index is 10.3. The van der Waals surface area contributed by atoms with E-state index in [9.17, 15) is 5.11 Å². The standard InChI is InChI=1S/C18H23ClN2O/c1-2-21(13-9-15-7-11-20-12-8-15)14-10-18(22)16-3-5-17(19)6-4-16/h3-8,11-12,18,22H,2,9-10,13-14H2,1H3. The second kappa shape index (κ2) is 8.89. The number of hydrogen-bond donors (Lipinski definition) is 1. The van der Waals surface area contributed by atoms with Crippen LogP contribution < -0.4 is 0 Å². The summed E-state index contributed by atoms with van der Waals surface area (Å²) in [5.74, 6) is 0. The van der Waals surface area contributed by atoms with Crippen molar-refractivity contribution in [3.8, 4) is 0 Å². The summed E-state index contributed by atoms with van der Waals surface area (Å²) in [5.41, 5.74) is 2.22. The Morgan fingerprint density at radius 3 is 2.41 bits per heavy atom. The summed E-state index contributed by atoms with van der Waals surface area (Å²) >= 11 is 5.87. The number of hydrogen-bond acceptors (Lipinski definition) is 3. The average molecular weight is 319 g/mol. The fourth-order valence-corrected chi connectivity index (χ4v) is 2.55. The molecular weight excluding hydrogens is 296 g/mol. The number of benzene rings is 1. The van der Waals surface area contributed by atoms with E-state index in [4.69, 9.17) is 11.6 Å². The smallest absolute Gasteiger partial charge is 0.0802 e. The molecule has 1 aromatic heterocycles. The van der Waals surface area contributed by atoms with Crippen molar-refractivity contribution >= 4 is 11.6 Å².